The van der Waals surface area contributed by atoms with Crippen LogP contribution < -0.4 is 9.47 Å². The van der Waals surface area contributed by atoms with E-state index in [-0.39, 0.29) is 11.7 Å². The van der Waals surface area contributed by atoms with E-state index in [2.05, 4.69) is 17.0 Å². The van der Waals surface area contributed by atoms with Crippen molar-refractivity contribution < 1.29 is 18.7 Å². The molecule has 1 fully saturated rings. The van der Waals surface area contributed by atoms with Gasteiger partial charge in [-0.3, -0.25) is 9.69 Å². The topological polar surface area (TPSA) is 42.0 Å². The van der Waals surface area contributed by atoms with Crippen LogP contribution in [0.3, 0.4) is 0 Å². The van der Waals surface area contributed by atoms with Crippen molar-refractivity contribution in [2.45, 2.75) is 19.6 Å². The maximum atomic E-state index is 13.1. The largest absolute Gasteiger partial charge is 0.497 e. The maximum absolute atomic E-state index is 13.1. The summed E-state index contributed by atoms with van der Waals surface area (Å²) in [5.41, 5.74) is 2.73. The number of ether oxygens (including phenoxy) is 2. The fraction of sp³-hybridized carbons (Fsp3) is 0.296. The fourth-order valence-corrected chi connectivity index (χ4v) is 3.97. The molecule has 0 saturated carbocycles. The molecule has 1 aliphatic rings. The highest BCUT2D eigenvalue weighted by molar-refractivity contribution is 5.94. The highest BCUT2D eigenvalue weighted by atomic mass is 19.1. The van der Waals surface area contributed by atoms with E-state index in [4.69, 9.17) is 9.47 Å². The molecule has 172 valence electrons. The Hall–Kier alpha value is -3.38. The van der Waals surface area contributed by atoms with Gasteiger partial charge >= 0.3 is 0 Å². The van der Waals surface area contributed by atoms with E-state index in [0.29, 0.717) is 24.5 Å². The maximum Gasteiger partial charge on any atom is 0.254 e. The molecule has 0 aromatic heterocycles. The van der Waals surface area contributed by atoms with Crippen molar-refractivity contribution in [3.63, 3.8) is 0 Å². The smallest absolute Gasteiger partial charge is 0.254 e. The minimum Gasteiger partial charge on any atom is -0.497 e. The van der Waals surface area contributed by atoms with Gasteiger partial charge in [-0.15, -0.1) is 0 Å². The standard InChI is InChI=1S/C27H29FN2O3/c1-32-25-12-8-21(9-13-25)19-29-14-3-15-30(17-16-29)27(31)23-4-2-5-26(18-23)33-20-22-6-10-24(28)11-7-22/h2,4-13,18H,3,14-17,19-20H2,1H3. The first-order chi connectivity index (χ1) is 16.1. The third-order valence-electron chi connectivity index (χ3n) is 5.84. The van der Waals surface area contributed by atoms with E-state index in [0.717, 1.165) is 43.9 Å². The molecule has 0 aliphatic carbocycles. The van der Waals surface area contributed by atoms with Crippen LogP contribution >= 0.6 is 0 Å². The van der Waals surface area contributed by atoms with E-state index in [1.807, 2.05) is 35.2 Å². The summed E-state index contributed by atoms with van der Waals surface area (Å²) in [4.78, 5) is 17.5. The summed E-state index contributed by atoms with van der Waals surface area (Å²) in [6, 6.07) is 21.6. The Morgan fingerprint density at radius 3 is 2.39 bits per heavy atom. The molecule has 5 nitrogen and oxygen atoms in total. The SMILES string of the molecule is COc1ccc(CN2CCCN(C(=O)c3cccc(OCc4ccc(F)cc4)c3)CC2)cc1. The van der Waals surface area contributed by atoms with Crippen LogP contribution in [0.4, 0.5) is 4.39 Å². The molecule has 0 unspecified atom stereocenters. The Kier molecular flexibility index (Phi) is 7.58. The molecule has 6 heteroatoms. The van der Waals surface area contributed by atoms with Gasteiger partial charge in [-0.2, -0.15) is 0 Å². The van der Waals surface area contributed by atoms with Crippen LogP contribution in [0.2, 0.25) is 0 Å². The average molecular weight is 449 g/mol. The lowest BCUT2D eigenvalue weighted by Gasteiger charge is -2.22. The summed E-state index contributed by atoms with van der Waals surface area (Å²) in [5.74, 6) is 1.23. The third kappa shape index (κ3) is 6.33. The second-order valence-corrected chi connectivity index (χ2v) is 8.21. The lowest BCUT2D eigenvalue weighted by Crippen LogP contribution is -2.35. The predicted molar refractivity (Wildman–Crippen MR) is 126 cm³/mol. The summed E-state index contributed by atoms with van der Waals surface area (Å²) in [6.45, 7) is 4.39. The van der Waals surface area contributed by atoms with Gasteiger partial charge in [-0.05, 0) is 60.0 Å². The van der Waals surface area contributed by atoms with Crippen LogP contribution in [-0.4, -0.2) is 49.0 Å². The van der Waals surface area contributed by atoms with Crippen molar-refractivity contribution >= 4 is 5.91 Å². The second-order valence-electron chi connectivity index (χ2n) is 8.21. The molecule has 0 spiro atoms. The molecule has 4 rings (SSSR count). The number of rotatable bonds is 7. The van der Waals surface area contributed by atoms with Crippen LogP contribution in [0.1, 0.15) is 27.9 Å². The summed E-state index contributed by atoms with van der Waals surface area (Å²) in [7, 11) is 1.67. The lowest BCUT2D eigenvalue weighted by molar-refractivity contribution is 0.0760. The Morgan fingerprint density at radius 1 is 0.879 bits per heavy atom. The first-order valence-electron chi connectivity index (χ1n) is 11.2. The molecule has 0 N–H and O–H groups in total. The zero-order valence-electron chi connectivity index (χ0n) is 18.9. The van der Waals surface area contributed by atoms with Gasteiger partial charge in [0, 0.05) is 38.3 Å². The monoisotopic (exact) mass is 448 g/mol. The molecule has 1 aliphatic heterocycles. The lowest BCUT2D eigenvalue weighted by atomic mass is 10.2. The molecule has 1 amide bonds. The van der Waals surface area contributed by atoms with Crippen LogP contribution in [0.25, 0.3) is 0 Å². The van der Waals surface area contributed by atoms with Gasteiger partial charge in [0.05, 0.1) is 7.11 Å². The van der Waals surface area contributed by atoms with Gasteiger partial charge in [0.2, 0.25) is 0 Å². The summed E-state index contributed by atoms with van der Waals surface area (Å²) in [6.07, 6.45) is 0.933. The van der Waals surface area contributed by atoms with Gasteiger partial charge in [0.25, 0.3) is 5.91 Å². The first kappa shape index (κ1) is 22.8. The highest BCUT2D eigenvalue weighted by Gasteiger charge is 2.21. The second kappa shape index (κ2) is 11.0. The fourth-order valence-electron chi connectivity index (χ4n) is 3.97. The van der Waals surface area contributed by atoms with Crippen LogP contribution in [0.5, 0.6) is 11.5 Å². The summed E-state index contributed by atoms with van der Waals surface area (Å²) < 4.78 is 24.1. The number of amides is 1. The van der Waals surface area contributed by atoms with Crippen LogP contribution in [0, 0.1) is 5.82 Å². The van der Waals surface area contributed by atoms with E-state index in [1.165, 1.54) is 17.7 Å². The molecule has 0 radical (unpaired) electrons. The molecular weight excluding hydrogens is 419 g/mol. The normalized spacial score (nSPS) is 14.5. The Labute approximate surface area is 194 Å². The number of methoxy groups -OCH3 is 1. The number of halogens is 1. The van der Waals surface area contributed by atoms with E-state index >= 15 is 0 Å². The molecule has 1 saturated heterocycles. The molecule has 3 aromatic rings. The Balaban J connectivity index is 1.32. The highest BCUT2D eigenvalue weighted by Crippen LogP contribution is 2.19. The van der Waals surface area contributed by atoms with Crippen LogP contribution in [-0.2, 0) is 13.2 Å². The number of benzene rings is 3. The number of nitrogens with zero attached hydrogens (tertiary/aromatic N) is 2. The van der Waals surface area contributed by atoms with E-state index in [1.54, 1.807) is 25.3 Å². The molecule has 33 heavy (non-hydrogen) atoms. The van der Waals surface area contributed by atoms with Crippen LogP contribution in [0.15, 0.2) is 72.8 Å². The molecule has 0 atom stereocenters. The van der Waals surface area contributed by atoms with E-state index < -0.39 is 0 Å². The Bertz CT molecular complexity index is 1050. The minimum absolute atomic E-state index is 0.0218. The number of hydrogen-bond donors (Lipinski definition) is 0. The quantitative estimate of drug-likeness (QED) is 0.523. The molecule has 1 heterocycles. The van der Waals surface area contributed by atoms with Crippen molar-refractivity contribution in [1.82, 2.24) is 9.80 Å². The summed E-state index contributed by atoms with van der Waals surface area (Å²) in [5, 5.41) is 0. The van der Waals surface area contributed by atoms with Gasteiger partial charge < -0.3 is 14.4 Å². The van der Waals surface area contributed by atoms with Crippen molar-refractivity contribution in [1.29, 1.82) is 0 Å². The average Bonchev–Trinajstić information content (AvgIpc) is 3.09. The van der Waals surface area contributed by atoms with Gasteiger partial charge in [-0.25, -0.2) is 4.39 Å². The van der Waals surface area contributed by atoms with E-state index in [9.17, 15) is 9.18 Å². The Morgan fingerprint density at radius 2 is 1.64 bits per heavy atom. The van der Waals surface area contributed by atoms with Crippen molar-refractivity contribution in [3.05, 3.63) is 95.3 Å². The van der Waals surface area contributed by atoms with Gasteiger partial charge in [0.15, 0.2) is 0 Å². The van der Waals surface area contributed by atoms with Crippen molar-refractivity contribution in [3.8, 4) is 11.5 Å². The number of hydrogen-bond acceptors (Lipinski definition) is 4. The zero-order valence-corrected chi connectivity index (χ0v) is 18.9. The van der Waals surface area contributed by atoms with Crippen molar-refractivity contribution in [2.24, 2.45) is 0 Å². The summed E-state index contributed by atoms with van der Waals surface area (Å²) >= 11 is 0. The molecule has 3 aromatic carbocycles. The number of carbonyl (C=O) groups excluding carboxylic acids is 1. The number of carbonyl (C=O) groups is 1. The zero-order chi connectivity index (χ0) is 23.0. The molecular formula is C27H29FN2O3. The third-order valence-corrected chi connectivity index (χ3v) is 5.84. The minimum atomic E-state index is -0.272. The van der Waals surface area contributed by atoms with Crippen molar-refractivity contribution in [2.75, 3.05) is 33.3 Å². The predicted octanol–water partition coefficient (Wildman–Crippen LogP) is 4.76. The van der Waals surface area contributed by atoms with Gasteiger partial charge in [0.1, 0.15) is 23.9 Å². The first-order valence-corrected chi connectivity index (χ1v) is 11.2. The van der Waals surface area contributed by atoms with Gasteiger partial charge in [-0.1, -0.05) is 30.3 Å². The molecule has 0 bridgehead atoms.